The molecule has 7 heteroatoms. The normalized spacial score (nSPS) is 11.9. The highest BCUT2D eigenvalue weighted by Crippen LogP contribution is 2.18. The number of nitrogens with zero attached hydrogens (tertiary/aromatic N) is 3. The van der Waals surface area contributed by atoms with Gasteiger partial charge in [0.2, 0.25) is 10.0 Å². The second-order valence-corrected chi connectivity index (χ2v) is 9.08. The molecule has 3 rings (SSSR count). The first kappa shape index (κ1) is 20.3. The largest absolute Gasteiger partial charge is 0.308 e. The minimum absolute atomic E-state index is 0.303. The summed E-state index contributed by atoms with van der Waals surface area (Å²) in [5.74, 6) is 0. The zero-order valence-corrected chi connectivity index (χ0v) is 17.5. The highest BCUT2D eigenvalue weighted by molar-refractivity contribution is 7.89. The van der Waals surface area contributed by atoms with Crippen molar-refractivity contribution in [3.05, 3.63) is 77.1 Å². The van der Waals surface area contributed by atoms with Crippen molar-refractivity contribution in [2.45, 2.75) is 31.8 Å². The van der Waals surface area contributed by atoms with Crippen LogP contribution in [0.1, 0.15) is 22.5 Å². The van der Waals surface area contributed by atoms with Crippen molar-refractivity contribution in [3.8, 4) is 5.69 Å². The van der Waals surface area contributed by atoms with Crippen LogP contribution in [-0.2, 0) is 23.1 Å². The number of nitrogens with one attached hydrogen (secondary N) is 1. The van der Waals surface area contributed by atoms with Crippen molar-refractivity contribution in [3.63, 3.8) is 0 Å². The number of aryl methyl sites for hydroxylation is 1. The number of sulfonamides is 1. The molecule has 1 heterocycles. The molecule has 1 aromatic heterocycles. The van der Waals surface area contributed by atoms with Crippen LogP contribution >= 0.6 is 0 Å². The quantitative estimate of drug-likeness (QED) is 0.664. The van der Waals surface area contributed by atoms with Crippen LogP contribution in [0.4, 0.5) is 0 Å². The zero-order valence-electron chi connectivity index (χ0n) is 16.7. The summed E-state index contributed by atoms with van der Waals surface area (Å²) in [5, 5.41) is 8.10. The molecule has 2 aromatic carbocycles. The Morgan fingerprint density at radius 2 is 1.61 bits per heavy atom. The molecule has 1 N–H and O–H groups in total. The Morgan fingerprint density at radius 3 is 2.21 bits per heavy atom. The average Bonchev–Trinajstić information content (AvgIpc) is 2.97. The maximum atomic E-state index is 12.1. The van der Waals surface area contributed by atoms with E-state index in [1.165, 1.54) is 24.0 Å². The summed E-state index contributed by atoms with van der Waals surface area (Å²) in [4.78, 5) is 0.303. The van der Waals surface area contributed by atoms with Gasteiger partial charge in [-0.05, 0) is 43.7 Å². The van der Waals surface area contributed by atoms with Gasteiger partial charge >= 0.3 is 0 Å². The molecule has 0 aliphatic heterocycles. The summed E-state index contributed by atoms with van der Waals surface area (Å²) in [5.41, 5.74) is 5.37. The number of aromatic nitrogens is 2. The van der Waals surface area contributed by atoms with Gasteiger partial charge in [0.15, 0.2) is 0 Å². The van der Waals surface area contributed by atoms with Crippen LogP contribution in [-0.4, -0.2) is 36.6 Å². The molecular formula is C21H26N4O2S. The number of hydrogen-bond donors (Lipinski definition) is 1. The first-order valence-electron chi connectivity index (χ1n) is 9.13. The van der Waals surface area contributed by atoms with Crippen molar-refractivity contribution < 1.29 is 8.42 Å². The number of hydrogen-bond acceptors (Lipinski definition) is 4. The summed E-state index contributed by atoms with van der Waals surface area (Å²) in [6.07, 6.45) is 0. The van der Waals surface area contributed by atoms with E-state index >= 15 is 0 Å². The molecule has 3 aromatic rings. The third-order valence-corrected chi connectivity index (χ3v) is 6.60. The van der Waals surface area contributed by atoms with Gasteiger partial charge in [-0.25, -0.2) is 17.4 Å². The first-order valence-corrected chi connectivity index (χ1v) is 10.6. The smallest absolute Gasteiger partial charge is 0.242 e. The molecule has 148 valence electrons. The molecule has 28 heavy (non-hydrogen) atoms. The molecule has 0 fully saturated rings. The lowest BCUT2D eigenvalue weighted by molar-refractivity contribution is 0.520. The second-order valence-electron chi connectivity index (χ2n) is 6.93. The third-order valence-electron chi connectivity index (χ3n) is 4.77. The van der Waals surface area contributed by atoms with Crippen molar-refractivity contribution in [1.82, 2.24) is 19.4 Å². The van der Waals surface area contributed by atoms with Crippen LogP contribution < -0.4 is 5.32 Å². The second kappa shape index (κ2) is 8.26. The van der Waals surface area contributed by atoms with Crippen molar-refractivity contribution in [2.75, 3.05) is 14.1 Å². The molecule has 6 nitrogen and oxygen atoms in total. The van der Waals surface area contributed by atoms with Gasteiger partial charge in [0.1, 0.15) is 0 Å². The fraction of sp³-hybridized carbons (Fsp3) is 0.286. The van der Waals surface area contributed by atoms with Crippen LogP contribution in [0.2, 0.25) is 0 Å². The number of benzene rings is 2. The SMILES string of the molecule is Cc1nn(-c2ccccc2)c(C)c1CNCc1ccc(S(=O)(=O)N(C)C)cc1. The molecule has 0 saturated carbocycles. The monoisotopic (exact) mass is 398 g/mol. The zero-order chi connectivity index (χ0) is 20.3. The Kier molecular flexibility index (Phi) is 5.98. The topological polar surface area (TPSA) is 67.2 Å². The molecule has 0 unspecified atom stereocenters. The number of para-hydroxylation sites is 1. The summed E-state index contributed by atoms with van der Waals surface area (Å²) >= 11 is 0. The fourth-order valence-electron chi connectivity index (χ4n) is 3.07. The van der Waals surface area contributed by atoms with Gasteiger partial charge in [-0.15, -0.1) is 0 Å². The van der Waals surface area contributed by atoms with E-state index in [4.69, 9.17) is 0 Å². The van der Waals surface area contributed by atoms with E-state index in [0.29, 0.717) is 18.0 Å². The lowest BCUT2D eigenvalue weighted by atomic mass is 10.2. The van der Waals surface area contributed by atoms with Crippen molar-refractivity contribution in [1.29, 1.82) is 0 Å². The van der Waals surface area contributed by atoms with E-state index in [1.54, 1.807) is 12.1 Å². The van der Waals surface area contributed by atoms with Gasteiger partial charge in [-0.2, -0.15) is 5.10 Å². The van der Waals surface area contributed by atoms with Gasteiger partial charge in [0, 0.05) is 38.4 Å². The standard InChI is InChI=1S/C21H26N4O2S/c1-16-21(17(2)25(23-16)19-8-6-5-7-9-19)15-22-14-18-10-12-20(13-11-18)28(26,27)24(3)4/h5-13,22H,14-15H2,1-4H3. The summed E-state index contributed by atoms with van der Waals surface area (Å²) in [6.45, 7) is 5.44. The fourth-order valence-corrected chi connectivity index (χ4v) is 3.97. The van der Waals surface area contributed by atoms with Gasteiger partial charge in [0.25, 0.3) is 0 Å². The Balaban J connectivity index is 1.67. The van der Waals surface area contributed by atoms with Crippen LogP contribution in [0.15, 0.2) is 59.5 Å². The van der Waals surface area contributed by atoms with Crippen molar-refractivity contribution >= 4 is 10.0 Å². The Morgan fingerprint density at radius 1 is 0.964 bits per heavy atom. The Bertz CT molecular complexity index is 1040. The minimum atomic E-state index is -3.39. The molecule has 0 saturated heterocycles. The maximum absolute atomic E-state index is 12.1. The molecular weight excluding hydrogens is 372 g/mol. The molecule has 0 spiro atoms. The highest BCUT2D eigenvalue weighted by Gasteiger charge is 2.16. The minimum Gasteiger partial charge on any atom is -0.308 e. The summed E-state index contributed by atoms with van der Waals surface area (Å²) < 4.78 is 27.5. The van der Waals surface area contributed by atoms with Gasteiger partial charge in [-0.1, -0.05) is 30.3 Å². The average molecular weight is 399 g/mol. The summed E-state index contributed by atoms with van der Waals surface area (Å²) in [6, 6.07) is 17.1. The number of rotatable bonds is 7. The first-order chi connectivity index (χ1) is 13.3. The summed E-state index contributed by atoms with van der Waals surface area (Å²) in [7, 11) is -0.324. The highest BCUT2D eigenvalue weighted by atomic mass is 32.2. The van der Waals surface area contributed by atoms with Crippen LogP contribution in [0.3, 0.4) is 0 Å². The van der Waals surface area contributed by atoms with Crippen LogP contribution in [0, 0.1) is 13.8 Å². The van der Waals surface area contributed by atoms with E-state index < -0.39 is 10.0 Å². The van der Waals surface area contributed by atoms with Crippen molar-refractivity contribution in [2.24, 2.45) is 0 Å². The van der Waals surface area contributed by atoms with E-state index in [0.717, 1.165) is 22.6 Å². The van der Waals surface area contributed by atoms with E-state index in [1.807, 2.05) is 54.1 Å². The Hall–Kier alpha value is -2.48. The third kappa shape index (κ3) is 4.16. The molecule has 0 aliphatic carbocycles. The lowest BCUT2D eigenvalue weighted by Gasteiger charge is -2.12. The van der Waals surface area contributed by atoms with E-state index in [9.17, 15) is 8.42 Å². The molecule has 0 aliphatic rings. The van der Waals surface area contributed by atoms with Crippen LogP contribution in [0.25, 0.3) is 5.69 Å². The van der Waals surface area contributed by atoms with Crippen LogP contribution in [0.5, 0.6) is 0 Å². The van der Waals surface area contributed by atoms with E-state index in [2.05, 4.69) is 17.3 Å². The Labute approximate surface area is 166 Å². The van der Waals surface area contributed by atoms with Gasteiger partial charge in [0.05, 0.1) is 16.3 Å². The van der Waals surface area contributed by atoms with E-state index in [-0.39, 0.29) is 0 Å². The lowest BCUT2D eigenvalue weighted by Crippen LogP contribution is -2.22. The molecule has 0 amide bonds. The van der Waals surface area contributed by atoms with Gasteiger partial charge < -0.3 is 5.32 Å². The predicted molar refractivity (Wildman–Crippen MR) is 111 cm³/mol. The maximum Gasteiger partial charge on any atom is 0.242 e. The molecule has 0 radical (unpaired) electrons. The van der Waals surface area contributed by atoms with Gasteiger partial charge in [-0.3, -0.25) is 0 Å². The predicted octanol–water partition coefficient (Wildman–Crippen LogP) is 3.03. The molecule has 0 bridgehead atoms. The molecule has 0 atom stereocenters.